The van der Waals surface area contributed by atoms with Gasteiger partial charge in [-0.25, -0.2) is 0 Å². The Morgan fingerprint density at radius 2 is 2.25 bits per heavy atom. The molecule has 6 N–H and O–H groups in total. The number of hydrogen-bond donors (Lipinski definition) is 4. The largest absolute Gasteiger partial charge is 0.396 e. The van der Waals surface area contributed by atoms with Crippen molar-refractivity contribution in [3.05, 3.63) is 0 Å². The Morgan fingerprint density at radius 1 is 1.62 bits per heavy atom. The lowest BCUT2D eigenvalue weighted by Crippen LogP contribution is -2.41. The fourth-order valence-electron chi connectivity index (χ4n) is 0.425. The van der Waals surface area contributed by atoms with Gasteiger partial charge >= 0.3 is 0 Å². The van der Waals surface area contributed by atoms with Gasteiger partial charge < -0.3 is 10.8 Å². The molecular weight excluding hydrogens is 106 g/mol. The number of nitrogens with two attached hydrogens (primary N) is 2. The van der Waals surface area contributed by atoms with E-state index in [2.05, 4.69) is 5.43 Å². The van der Waals surface area contributed by atoms with Crippen molar-refractivity contribution in [2.24, 2.45) is 11.6 Å². The van der Waals surface area contributed by atoms with Gasteiger partial charge in [-0.3, -0.25) is 11.3 Å². The summed E-state index contributed by atoms with van der Waals surface area (Å²) in [7, 11) is 0. The highest BCUT2D eigenvalue weighted by Crippen LogP contribution is 1.82. The SMILES string of the molecule is NCC(CCO)NN. The van der Waals surface area contributed by atoms with Gasteiger partial charge in [-0.2, -0.15) is 0 Å². The molecule has 50 valence electrons. The van der Waals surface area contributed by atoms with E-state index in [4.69, 9.17) is 16.7 Å². The maximum Gasteiger partial charge on any atom is 0.0446 e. The van der Waals surface area contributed by atoms with Crippen LogP contribution < -0.4 is 17.0 Å². The Labute approximate surface area is 48.8 Å². The van der Waals surface area contributed by atoms with Crippen LogP contribution in [0, 0.1) is 0 Å². The Morgan fingerprint density at radius 3 is 2.38 bits per heavy atom. The third-order valence-corrected chi connectivity index (χ3v) is 0.998. The van der Waals surface area contributed by atoms with Crippen molar-refractivity contribution < 1.29 is 5.11 Å². The molecule has 0 aromatic carbocycles. The molecule has 1 unspecified atom stereocenters. The zero-order valence-corrected chi connectivity index (χ0v) is 4.80. The van der Waals surface area contributed by atoms with Crippen molar-refractivity contribution in [2.75, 3.05) is 13.2 Å². The van der Waals surface area contributed by atoms with E-state index in [1.54, 1.807) is 0 Å². The molecule has 8 heavy (non-hydrogen) atoms. The van der Waals surface area contributed by atoms with E-state index in [1.165, 1.54) is 0 Å². The van der Waals surface area contributed by atoms with Gasteiger partial charge in [0.15, 0.2) is 0 Å². The van der Waals surface area contributed by atoms with Gasteiger partial charge in [-0.15, -0.1) is 0 Å². The van der Waals surface area contributed by atoms with Gasteiger partial charge in [0.1, 0.15) is 0 Å². The summed E-state index contributed by atoms with van der Waals surface area (Å²) in [6.07, 6.45) is 0.618. The molecule has 0 radical (unpaired) electrons. The summed E-state index contributed by atoms with van der Waals surface area (Å²) in [6, 6.07) is 0.0556. The molecule has 0 amide bonds. The van der Waals surface area contributed by atoms with Crippen molar-refractivity contribution >= 4 is 0 Å². The van der Waals surface area contributed by atoms with E-state index in [0.29, 0.717) is 13.0 Å². The molecule has 0 bridgehead atoms. The second kappa shape index (κ2) is 4.99. The predicted octanol–water partition coefficient (Wildman–Crippen LogP) is -1.84. The van der Waals surface area contributed by atoms with Crippen LogP contribution in [0.3, 0.4) is 0 Å². The molecule has 0 aliphatic rings. The summed E-state index contributed by atoms with van der Waals surface area (Å²) in [5.41, 5.74) is 7.68. The maximum atomic E-state index is 8.35. The number of aliphatic hydroxyl groups excluding tert-OH is 1. The fraction of sp³-hybridized carbons (Fsp3) is 1.00. The van der Waals surface area contributed by atoms with Crippen LogP contribution in [-0.2, 0) is 0 Å². The monoisotopic (exact) mass is 119 g/mol. The van der Waals surface area contributed by atoms with E-state index in [1.807, 2.05) is 0 Å². The lowest BCUT2D eigenvalue weighted by atomic mass is 10.2. The van der Waals surface area contributed by atoms with E-state index < -0.39 is 0 Å². The zero-order chi connectivity index (χ0) is 6.41. The molecule has 0 spiro atoms. The molecule has 4 nitrogen and oxygen atoms in total. The zero-order valence-electron chi connectivity index (χ0n) is 4.80. The molecule has 4 heteroatoms. The smallest absolute Gasteiger partial charge is 0.0446 e. The standard InChI is InChI=1S/C4H13N3O/c5-3-4(7-6)1-2-8/h4,7-8H,1-3,5-6H2. The Balaban J connectivity index is 3.07. The highest BCUT2D eigenvalue weighted by atomic mass is 16.3. The van der Waals surface area contributed by atoms with E-state index in [-0.39, 0.29) is 12.6 Å². The predicted molar refractivity (Wildman–Crippen MR) is 31.9 cm³/mol. The first-order chi connectivity index (χ1) is 3.85. The van der Waals surface area contributed by atoms with Gasteiger partial charge in [0, 0.05) is 19.2 Å². The second-order valence-electron chi connectivity index (χ2n) is 1.61. The van der Waals surface area contributed by atoms with E-state index in [9.17, 15) is 0 Å². The minimum atomic E-state index is 0.0556. The van der Waals surface area contributed by atoms with Crippen molar-refractivity contribution in [2.45, 2.75) is 12.5 Å². The van der Waals surface area contributed by atoms with E-state index in [0.717, 1.165) is 0 Å². The Hall–Kier alpha value is -0.160. The molecule has 1 atom stereocenters. The number of rotatable bonds is 4. The van der Waals surface area contributed by atoms with Gasteiger partial charge in [0.25, 0.3) is 0 Å². The molecule has 0 saturated heterocycles. The van der Waals surface area contributed by atoms with Crippen molar-refractivity contribution in [1.29, 1.82) is 0 Å². The average Bonchev–Trinajstić information content (AvgIpc) is 1.83. The van der Waals surface area contributed by atoms with Crippen LogP contribution in [0.1, 0.15) is 6.42 Å². The molecule has 0 aliphatic heterocycles. The third-order valence-electron chi connectivity index (χ3n) is 0.998. The summed E-state index contributed by atoms with van der Waals surface area (Å²) in [4.78, 5) is 0. The van der Waals surface area contributed by atoms with E-state index >= 15 is 0 Å². The van der Waals surface area contributed by atoms with Crippen LogP contribution in [0.2, 0.25) is 0 Å². The molecule has 0 aromatic rings. The van der Waals surface area contributed by atoms with Gasteiger partial charge in [0.2, 0.25) is 0 Å². The van der Waals surface area contributed by atoms with Crippen molar-refractivity contribution in [3.63, 3.8) is 0 Å². The van der Waals surface area contributed by atoms with Gasteiger partial charge in [0.05, 0.1) is 0 Å². The minimum absolute atomic E-state index is 0.0556. The third kappa shape index (κ3) is 2.92. The van der Waals surface area contributed by atoms with Crippen LogP contribution in [0.15, 0.2) is 0 Å². The highest BCUT2D eigenvalue weighted by molar-refractivity contribution is 4.61. The first kappa shape index (κ1) is 7.84. The maximum absolute atomic E-state index is 8.35. The van der Waals surface area contributed by atoms with Gasteiger partial charge in [-0.05, 0) is 6.42 Å². The lowest BCUT2D eigenvalue weighted by Gasteiger charge is -2.09. The van der Waals surface area contributed by atoms with Crippen LogP contribution in [0.25, 0.3) is 0 Å². The number of aliphatic hydroxyl groups is 1. The molecule has 0 aromatic heterocycles. The molecular formula is C4H13N3O. The van der Waals surface area contributed by atoms with Crippen LogP contribution in [0.5, 0.6) is 0 Å². The number of hydrogen-bond acceptors (Lipinski definition) is 4. The lowest BCUT2D eigenvalue weighted by molar-refractivity contribution is 0.266. The van der Waals surface area contributed by atoms with Crippen molar-refractivity contribution in [3.8, 4) is 0 Å². The second-order valence-corrected chi connectivity index (χ2v) is 1.61. The number of hydrazine groups is 1. The summed E-state index contributed by atoms with van der Waals surface area (Å²) in [5, 5.41) is 8.35. The summed E-state index contributed by atoms with van der Waals surface area (Å²) < 4.78 is 0. The summed E-state index contributed by atoms with van der Waals surface area (Å²) in [6.45, 7) is 0.600. The topological polar surface area (TPSA) is 84.3 Å². The average molecular weight is 119 g/mol. The van der Waals surface area contributed by atoms with Crippen LogP contribution >= 0.6 is 0 Å². The Bertz CT molecular complexity index is 46.5. The van der Waals surface area contributed by atoms with Crippen LogP contribution in [0.4, 0.5) is 0 Å². The van der Waals surface area contributed by atoms with Gasteiger partial charge in [-0.1, -0.05) is 0 Å². The highest BCUT2D eigenvalue weighted by Gasteiger charge is 1.99. The number of nitrogens with one attached hydrogen (secondary N) is 1. The minimum Gasteiger partial charge on any atom is -0.396 e. The molecule has 0 rings (SSSR count). The summed E-state index contributed by atoms with van der Waals surface area (Å²) in [5.74, 6) is 5.03. The molecule has 0 aliphatic carbocycles. The molecule has 0 fully saturated rings. The first-order valence-corrected chi connectivity index (χ1v) is 2.62. The normalized spacial score (nSPS) is 13.9. The molecule has 0 heterocycles. The summed E-state index contributed by atoms with van der Waals surface area (Å²) >= 11 is 0. The quantitative estimate of drug-likeness (QED) is 0.259. The fourth-order valence-corrected chi connectivity index (χ4v) is 0.425. The van der Waals surface area contributed by atoms with Crippen LogP contribution in [-0.4, -0.2) is 24.3 Å². The van der Waals surface area contributed by atoms with Crippen molar-refractivity contribution in [1.82, 2.24) is 5.43 Å². The molecule has 0 saturated carbocycles. The Kier molecular flexibility index (Phi) is 4.89. The first-order valence-electron chi connectivity index (χ1n) is 2.62.